The molecule has 1 N–H and O–H groups in total. The number of hydrogen-bond donors (Lipinski definition) is 1. The van der Waals surface area contributed by atoms with Gasteiger partial charge in [-0.25, -0.2) is 0 Å². The van der Waals surface area contributed by atoms with Crippen molar-refractivity contribution in [2.75, 3.05) is 26.2 Å². The fourth-order valence-corrected chi connectivity index (χ4v) is 5.01. The van der Waals surface area contributed by atoms with Crippen molar-refractivity contribution in [3.63, 3.8) is 0 Å². The van der Waals surface area contributed by atoms with Gasteiger partial charge in [-0.05, 0) is 37.5 Å². The van der Waals surface area contributed by atoms with E-state index in [2.05, 4.69) is 0 Å². The van der Waals surface area contributed by atoms with Crippen LogP contribution in [-0.2, 0) is 10.2 Å². The summed E-state index contributed by atoms with van der Waals surface area (Å²) in [5.74, 6) is -0.625. The molecule has 0 aromatic heterocycles. The van der Waals surface area contributed by atoms with E-state index < -0.39 is 28.4 Å². The molecule has 0 spiro atoms. The van der Waals surface area contributed by atoms with Crippen LogP contribution in [0.2, 0.25) is 0 Å². The van der Waals surface area contributed by atoms with Gasteiger partial charge in [-0.15, -0.1) is 0 Å². The molecule has 5 nitrogen and oxygen atoms in total. The standard InChI is InChI=1S/C13H23F3N2O3S/c1-10-3-2-6-18(9-10)22(20,21)17-7-4-11(5-8-17)12(19)13(14,15)16/h10-12,19H,2-9H2,1H3/t10-,12+/m0/s1. The van der Waals surface area contributed by atoms with Crippen LogP contribution >= 0.6 is 0 Å². The van der Waals surface area contributed by atoms with Gasteiger partial charge in [-0.1, -0.05) is 6.92 Å². The summed E-state index contributed by atoms with van der Waals surface area (Å²) >= 11 is 0. The summed E-state index contributed by atoms with van der Waals surface area (Å²) in [4.78, 5) is 0. The molecule has 9 heteroatoms. The summed E-state index contributed by atoms with van der Waals surface area (Å²) in [7, 11) is -3.60. The molecule has 0 aromatic rings. The highest BCUT2D eigenvalue weighted by atomic mass is 32.2. The van der Waals surface area contributed by atoms with Gasteiger partial charge >= 0.3 is 6.18 Å². The fourth-order valence-electron chi connectivity index (χ4n) is 3.21. The first-order valence-electron chi connectivity index (χ1n) is 7.62. The van der Waals surface area contributed by atoms with Crippen molar-refractivity contribution in [1.29, 1.82) is 0 Å². The molecule has 0 unspecified atom stereocenters. The number of aliphatic hydroxyl groups is 1. The van der Waals surface area contributed by atoms with Crippen molar-refractivity contribution >= 4 is 10.2 Å². The van der Waals surface area contributed by atoms with Crippen LogP contribution in [-0.4, -0.2) is 60.6 Å². The van der Waals surface area contributed by atoms with E-state index in [0.29, 0.717) is 19.0 Å². The molecule has 0 bridgehead atoms. The minimum Gasteiger partial charge on any atom is -0.383 e. The van der Waals surface area contributed by atoms with Gasteiger partial charge in [-0.2, -0.15) is 30.2 Å². The second-order valence-electron chi connectivity index (χ2n) is 6.34. The van der Waals surface area contributed by atoms with Gasteiger partial charge in [0, 0.05) is 26.2 Å². The Morgan fingerprint density at radius 1 is 1.09 bits per heavy atom. The van der Waals surface area contributed by atoms with Crippen molar-refractivity contribution in [1.82, 2.24) is 8.61 Å². The molecule has 0 aliphatic carbocycles. The van der Waals surface area contributed by atoms with Crippen LogP contribution in [0.15, 0.2) is 0 Å². The third kappa shape index (κ3) is 3.93. The summed E-state index contributed by atoms with van der Waals surface area (Å²) in [6.07, 6.45) is -5.15. The maximum absolute atomic E-state index is 12.5. The average Bonchev–Trinajstić information content (AvgIpc) is 2.45. The first-order valence-corrected chi connectivity index (χ1v) is 9.02. The number of piperidine rings is 2. The Bertz CT molecular complexity index is 475. The van der Waals surface area contributed by atoms with Crippen LogP contribution in [0.3, 0.4) is 0 Å². The van der Waals surface area contributed by atoms with Gasteiger partial charge in [0.15, 0.2) is 6.10 Å². The normalized spacial score (nSPS) is 28.7. The molecule has 2 aliphatic rings. The highest BCUT2D eigenvalue weighted by Crippen LogP contribution is 2.33. The van der Waals surface area contributed by atoms with Crippen molar-refractivity contribution in [3.05, 3.63) is 0 Å². The minimum absolute atomic E-state index is 0.0311. The molecular formula is C13H23F3N2O3S. The predicted molar refractivity (Wildman–Crippen MR) is 75.2 cm³/mol. The van der Waals surface area contributed by atoms with Crippen LogP contribution in [0.1, 0.15) is 32.6 Å². The highest BCUT2D eigenvalue weighted by Gasteiger charge is 2.45. The Balaban J connectivity index is 1.96. The molecule has 2 atom stereocenters. The van der Waals surface area contributed by atoms with Crippen molar-refractivity contribution in [2.24, 2.45) is 11.8 Å². The Kier molecular flexibility index (Phi) is 5.41. The van der Waals surface area contributed by atoms with Crippen molar-refractivity contribution < 1.29 is 26.7 Å². The van der Waals surface area contributed by atoms with E-state index in [-0.39, 0.29) is 25.9 Å². The number of alkyl halides is 3. The molecule has 2 heterocycles. The van der Waals surface area contributed by atoms with Crippen molar-refractivity contribution in [3.8, 4) is 0 Å². The van der Waals surface area contributed by atoms with Crippen LogP contribution in [0.4, 0.5) is 13.2 Å². The predicted octanol–water partition coefficient (Wildman–Crippen LogP) is 1.60. The number of rotatable bonds is 3. The number of hydrogen-bond acceptors (Lipinski definition) is 3. The minimum atomic E-state index is -4.64. The molecule has 0 amide bonds. The van der Waals surface area contributed by atoms with Gasteiger partial charge in [-0.3, -0.25) is 0 Å². The Morgan fingerprint density at radius 2 is 1.68 bits per heavy atom. The third-order valence-electron chi connectivity index (χ3n) is 4.55. The zero-order valence-electron chi connectivity index (χ0n) is 12.6. The summed E-state index contributed by atoms with van der Waals surface area (Å²) in [5, 5.41) is 9.28. The van der Waals surface area contributed by atoms with Gasteiger partial charge in [0.1, 0.15) is 0 Å². The number of aliphatic hydroxyl groups excluding tert-OH is 1. The lowest BCUT2D eigenvalue weighted by Crippen LogP contribution is -2.51. The van der Waals surface area contributed by atoms with E-state index in [1.54, 1.807) is 0 Å². The number of nitrogens with zero attached hydrogens (tertiary/aromatic N) is 2. The Labute approximate surface area is 129 Å². The lowest BCUT2D eigenvalue weighted by atomic mass is 9.92. The second-order valence-corrected chi connectivity index (χ2v) is 8.26. The van der Waals surface area contributed by atoms with Crippen LogP contribution in [0, 0.1) is 11.8 Å². The summed E-state index contributed by atoms with van der Waals surface area (Å²) in [5.41, 5.74) is 0. The highest BCUT2D eigenvalue weighted by molar-refractivity contribution is 7.86. The van der Waals surface area contributed by atoms with E-state index in [9.17, 15) is 26.7 Å². The lowest BCUT2D eigenvalue weighted by molar-refractivity contribution is -0.222. The van der Waals surface area contributed by atoms with E-state index in [0.717, 1.165) is 12.8 Å². The lowest BCUT2D eigenvalue weighted by Gasteiger charge is -2.38. The maximum atomic E-state index is 12.5. The average molecular weight is 344 g/mol. The monoisotopic (exact) mass is 344 g/mol. The van der Waals surface area contributed by atoms with Gasteiger partial charge < -0.3 is 5.11 Å². The van der Waals surface area contributed by atoms with Crippen molar-refractivity contribution in [2.45, 2.75) is 44.9 Å². The first-order chi connectivity index (χ1) is 10.1. The van der Waals surface area contributed by atoms with E-state index in [1.807, 2.05) is 6.92 Å². The third-order valence-corrected chi connectivity index (χ3v) is 6.55. The molecular weight excluding hydrogens is 321 g/mol. The fraction of sp³-hybridized carbons (Fsp3) is 1.00. The molecule has 2 rings (SSSR count). The smallest absolute Gasteiger partial charge is 0.383 e. The molecule has 130 valence electrons. The SMILES string of the molecule is C[C@H]1CCCN(S(=O)(=O)N2CCC([C@@H](O)C(F)(F)F)CC2)C1. The molecule has 0 aromatic carbocycles. The second kappa shape index (κ2) is 6.62. The van der Waals surface area contributed by atoms with Crippen LogP contribution < -0.4 is 0 Å². The van der Waals surface area contributed by atoms with Crippen LogP contribution in [0.5, 0.6) is 0 Å². The zero-order valence-corrected chi connectivity index (χ0v) is 13.4. The van der Waals surface area contributed by atoms with Crippen LogP contribution in [0.25, 0.3) is 0 Å². The van der Waals surface area contributed by atoms with Gasteiger partial charge in [0.05, 0.1) is 0 Å². The van der Waals surface area contributed by atoms with Gasteiger partial charge in [0.2, 0.25) is 0 Å². The summed E-state index contributed by atoms with van der Waals surface area (Å²) in [6, 6.07) is 0. The molecule has 2 saturated heterocycles. The van der Waals surface area contributed by atoms with E-state index >= 15 is 0 Å². The van der Waals surface area contributed by atoms with E-state index in [1.165, 1.54) is 8.61 Å². The summed E-state index contributed by atoms with van der Waals surface area (Å²) in [6.45, 7) is 2.99. The molecule has 0 saturated carbocycles. The number of halogens is 3. The molecule has 2 aliphatic heterocycles. The molecule has 2 fully saturated rings. The first kappa shape index (κ1) is 18.0. The summed E-state index contributed by atoms with van der Waals surface area (Å²) < 4.78 is 65.3. The quantitative estimate of drug-likeness (QED) is 0.846. The van der Waals surface area contributed by atoms with E-state index in [4.69, 9.17) is 0 Å². The zero-order chi connectivity index (χ0) is 16.5. The maximum Gasteiger partial charge on any atom is 0.414 e. The van der Waals surface area contributed by atoms with Gasteiger partial charge in [0.25, 0.3) is 10.2 Å². The largest absolute Gasteiger partial charge is 0.414 e. The Morgan fingerprint density at radius 3 is 2.18 bits per heavy atom. The molecule has 0 radical (unpaired) electrons. The Hall–Kier alpha value is -0.380. The topological polar surface area (TPSA) is 60.9 Å². The molecule has 22 heavy (non-hydrogen) atoms.